The number of para-hydroxylation sites is 1. The largest absolute Gasteiger partial charge is 0.343 e. The van der Waals surface area contributed by atoms with Gasteiger partial charge < -0.3 is 10.3 Å². The van der Waals surface area contributed by atoms with Gasteiger partial charge in [-0.25, -0.2) is 0 Å². The standard InChI is InChI=1S/C18H19ClN2/c1-13-5-6-16(17(19)11-13)12-21-10-8-15-4-2-3-14(7-9-20)18(15)21/h2-6,8,10-11H,7,9,12,20H2,1H3. The van der Waals surface area contributed by atoms with E-state index in [-0.39, 0.29) is 0 Å². The van der Waals surface area contributed by atoms with Crippen LogP contribution in [0.5, 0.6) is 0 Å². The van der Waals surface area contributed by atoms with Gasteiger partial charge in [0.05, 0.1) is 5.52 Å². The molecule has 0 aliphatic heterocycles. The fourth-order valence-corrected chi connectivity index (χ4v) is 3.09. The Kier molecular flexibility index (Phi) is 4.00. The van der Waals surface area contributed by atoms with Gasteiger partial charge >= 0.3 is 0 Å². The molecule has 1 heterocycles. The number of aromatic nitrogens is 1. The van der Waals surface area contributed by atoms with Crippen molar-refractivity contribution in [1.29, 1.82) is 0 Å². The average Bonchev–Trinajstić information content (AvgIpc) is 2.87. The van der Waals surface area contributed by atoms with Gasteiger partial charge in [-0.3, -0.25) is 0 Å². The molecule has 0 saturated carbocycles. The third kappa shape index (κ3) is 2.82. The van der Waals surface area contributed by atoms with Crippen LogP contribution in [0.15, 0.2) is 48.7 Å². The molecule has 108 valence electrons. The van der Waals surface area contributed by atoms with E-state index in [4.69, 9.17) is 17.3 Å². The molecule has 21 heavy (non-hydrogen) atoms. The molecule has 0 saturated heterocycles. The number of hydrogen-bond donors (Lipinski definition) is 1. The predicted molar refractivity (Wildman–Crippen MR) is 90.0 cm³/mol. The van der Waals surface area contributed by atoms with Crippen LogP contribution in [-0.2, 0) is 13.0 Å². The Labute approximate surface area is 130 Å². The van der Waals surface area contributed by atoms with Crippen molar-refractivity contribution >= 4 is 22.5 Å². The second-order valence-corrected chi connectivity index (χ2v) is 5.84. The summed E-state index contributed by atoms with van der Waals surface area (Å²) in [7, 11) is 0. The van der Waals surface area contributed by atoms with E-state index in [1.165, 1.54) is 22.0 Å². The Bertz CT molecular complexity index is 774. The normalized spacial score (nSPS) is 11.2. The monoisotopic (exact) mass is 298 g/mol. The third-order valence-electron chi connectivity index (χ3n) is 3.83. The van der Waals surface area contributed by atoms with E-state index in [9.17, 15) is 0 Å². The lowest BCUT2D eigenvalue weighted by Crippen LogP contribution is -2.06. The average molecular weight is 299 g/mol. The number of benzene rings is 2. The zero-order chi connectivity index (χ0) is 14.8. The van der Waals surface area contributed by atoms with Gasteiger partial charge in [0.15, 0.2) is 0 Å². The summed E-state index contributed by atoms with van der Waals surface area (Å²) in [5.74, 6) is 0. The van der Waals surface area contributed by atoms with E-state index in [0.29, 0.717) is 6.54 Å². The number of aryl methyl sites for hydroxylation is 1. The summed E-state index contributed by atoms with van der Waals surface area (Å²) in [6.07, 6.45) is 3.02. The van der Waals surface area contributed by atoms with E-state index in [2.05, 4.69) is 54.1 Å². The molecular formula is C18H19ClN2. The molecule has 0 aliphatic rings. The van der Waals surface area contributed by atoms with Crippen LogP contribution in [-0.4, -0.2) is 11.1 Å². The molecule has 3 heteroatoms. The van der Waals surface area contributed by atoms with Crippen molar-refractivity contribution in [3.05, 3.63) is 70.4 Å². The molecule has 2 aromatic carbocycles. The number of halogens is 1. The van der Waals surface area contributed by atoms with Crippen LogP contribution in [0, 0.1) is 6.92 Å². The molecule has 3 rings (SSSR count). The summed E-state index contributed by atoms with van der Waals surface area (Å²) in [6.45, 7) is 3.50. The summed E-state index contributed by atoms with van der Waals surface area (Å²) in [4.78, 5) is 0. The minimum atomic E-state index is 0.662. The first kappa shape index (κ1) is 14.2. The van der Waals surface area contributed by atoms with Gasteiger partial charge in [-0.05, 0) is 54.1 Å². The first-order chi connectivity index (χ1) is 10.2. The zero-order valence-corrected chi connectivity index (χ0v) is 12.9. The Morgan fingerprint density at radius 2 is 1.95 bits per heavy atom. The van der Waals surface area contributed by atoms with Gasteiger partial charge in [0, 0.05) is 17.8 Å². The van der Waals surface area contributed by atoms with E-state index in [0.717, 1.165) is 23.6 Å². The molecule has 3 aromatic rings. The number of nitrogens with two attached hydrogens (primary N) is 1. The molecule has 0 fully saturated rings. The van der Waals surface area contributed by atoms with Crippen molar-refractivity contribution in [2.24, 2.45) is 5.73 Å². The Morgan fingerprint density at radius 3 is 2.71 bits per heavy atom. The number of rotatable bonds is 4. The highest BCUT2D eigenvalue weighted by atomic mass is 35.5. The quantitative estimate of drug-likeness (QED) is 0.770. The zero-order valence-electron chi connectivity index (χ0n) is 12.1. The highest BCUT2D eigenvalue weighted by Gasteiger charge is 2.08. The van der Waals surface area contributed by atoms with Crippen molar-refractivity contribution < 1.29 is 0 Å². The SMILES string of the molecule is Cc1ccc(Cn2ccc3cccc(CCN)c32)c(Cl)c1. The van der Waals surface area contributed by atoms with Crippen molar-refractivity contribution in [3.63, 3.8) is 0 Å². The minimum absolute atomic E-state index is 0.662. The Hall–Kier alpha value is -1.77. The van der Waals surface area contributed by atoms with Crippen molar-refractivity contribution in [2.45, 2.75) is 19.9 Å². The highest BCUT2D eigenvalue weighted by molar-refractivity contribution is 6.31. The fraction of sp³-hybridized carbons (Fsp3) is 0.222. The molecule has 0 atom stereocenters. The predicted octanol–water partition coefficient (Wildman–Crippen LogP) is 4.15. The first-order valence-corrected chi connectivity index (χ1v) is 7.58. The van der Waals surface area contributed by atoms with Gasteiger partial charge in [0.2, 0.25) is 0 Å². The smallest absolute Gasteiger partial charge is 0.0516 e. The number of fused-ring (bicyclic) bond motifs is 1. The molecule has 2 N–H and O–H groups in total. The molecule has 0 radical (unpaired) electrons. The summed E-state index contributed by atoms with van der Waals surface area (Å²) >= 11 is 6.37. The second kappa shape index (κ2) is 5.92. The van der Waals surface area contributed by atoms with Gasteiger partial charge in [-0.2, -0.15) is 0 Å². The van der Waals surface area contributed by atoms with Gasteiger partial charge in [-0.15, -0.1) is 0 Å². The lowest BCUT2D eigenvalue weighted by atomic mass is 10.1. The van der Waals surface area contributed by atoms with Crippen LogP contribution >= 0.6 is 11.6 Å². The summed E-state index contributed by atoms with van der Waals surface area (Å²) in [5.41, 5.74) is 10.6. The van der Waals surface area contributed by atoms with Crippen molar-refractivity contribution in [2.75, 3.05) is 6.54 Å². The Morgan fingerprint density at radius 1 is 1.10 bits per heavy atom. The van der Waals surface area contributed by atoms with Crippen LogP contribution in [0.3, 0.4) is 0 Å². The highest BCUT2D eigenvalue weighted by Crippen LogP contribution is 2.24. The van der Waals surface area contributed by atoms with E-state index < -0.39 is 0 Å². The van der Waals surface area contributed by atoms with Crippen molar-refractivity contribution in [3.8, 4) is 0 Å². The van der Waals surface area contributed by atoms with Crippen molar-refractivity contribution in [1.82, 2.24) is 4.57 Å². The molecule has 0 spiro atoms. The summed E-state index contributed by atoms with van der Waals surface area (Å²) in [6, 6.07) is 14.8. The van der Waals surface area contributed by atoms with Gasteiger partial charge in [0.25, 0.3) is 0 Å². The molecule has 0 bridgehead atoms. The first-order valence-electron chi connectivity index (χ1n) is 7.21. The number of nitrogens with zero attached hydrogens (tertiary/aromatic N) is 1. The molecular weight excluding hydrogens is 280 g/mol. The number of hydrogen-bond acceptors (Lipinski definition) is 1. The van der Waals surface area contributed by atoms with Crippen LogP contribution < -0.4 is 5.73 Å². The molecule has 0 amide bonds. The van der Waals surface area contributed by atoms with E-state index in [1.54, 1.807) is 0 Å². The Balaban J connectivity index is 2.04. The van der Waals surface area contributed by atoms with E-state index >= 15 is 0 Å². The van der Waals surface area contributed by atoms with Crippen LogP contribution in [0.25, 0.3) is 10.9 Å². The summed E-state index contributed by atoms with van der Waals surface area (Å²) < 4.78 is 2.26. The third-order valence-corrected chi connectivity index (χ3v) is 4.19. The fourth-order valence-electron chi connectivity index (χ4n) is 2.79. The maximum Gasteiger partial charge on any atom is 0.0516 e. The molecule has 0 aliphatic carbocycles. The topological polar surface area (TPSA) is 30.9 Å². The summed E-state index contributed by atoms with van der Waals surface area (Å²) in [5, 5.41) is 2.08. The molecule has 2 nitrogen and oxygen atoms in total. The van der Waals surface area contributed by atoms with Crippen LogP contribution in [0.1, 0.15) is 16.7 Å². The lowest BCUT2D eigenvalue weighted by Gasteiger charge is -2.11. The molecule has 0 unspecified atom stereocenters. The maximum atomic E-state index is 6.37. The molecule has 1 aromatic heterocycles. The van der Waals surface area contributed by atoms with Crippen LogP contribution in [0.2, 0.25) is 5.02 Å². The lowest BCUT2D eigenvalue weighted by molar-refractivity contribution is 0.828. The van der Waals surface area contributed by atoms with Gasteiger partial charge in [0.1, 0.15) is 0 Å². The van der Waals surface area contributed by atoms with E-state index in [1.807, 2.05) is 6.07 Å². The second-order valence-electron chi connectivity index (χ2n) is 5.43. The van der Waals surface area contributed by atoms with Crippen LogP contribution in [0.4, 0.5) is 0 Å². The van der Waals surface area contributed by atoms with Gasteiger partial charge in [-0.1, -0.05) is 41.9 Å². The maximum absolute atomic E-state index is 6.37. The minimum Gasteiger partial charge on any atom is -0.343 e.